The van der Waals surface area contributed by atoms with Gasteiger partial charge in [-0.2, -0.15) is 0 Å². The summed E-state index contributed by atoms with van der Waals surface area (Å²) in [6, 6.07) is 0. The molecule has 0 saturated carbocycles. The van der Waals surface area contributed by atoms with E-state index in [4.69, 9.17) is 0 Å². The van der Waals surface area contributed by atoms with Crippen LogP contribution in [0, 0.1) is 0 Å². The molecule has 0 N–H and O–H groups in total. The zero-order valence-electron chi connectivity index (χ0n) is 41.0. The first kappa shape index (κ1) is 63.7. The van der Waals surface area contributed by atoms with E-state index in [1.54, 1.807) is 0 Å². The van der Waals surface area contributed by atoms with Gasteiger partial charge in [0.05, 0.1) is 0 Å². The third-order valence-corrected chi connectivity index (χ3v) is 291. The maximum atomic E-state index is 3.11. The molecule has 0 unspecified atom stereocenters. The van der Waals surface area contributed by atoms with Crippen LogP contribution in [0.3, 0.4) is 0 Å². The van der Waals surface area contributed by atoms with E-state index in [2.05, 4.69) is 210 Å². The predicted octanol–water partition coefficient (Wildman–Crippen LogP) is 11.8. The molecule has 0 atom stereocenters. The van der Waals surface area contributed by atoms with Crippen LogP contribution in [-0.2, 0) is 0 Å². The maximum Gasteiger partial charge on any atom is 0.0379 e. The molecule has 0 aliphatic rings. The molecule has 0 saturated heterocycles. The number of hydrogen-bond donors (Lipinski definition) is 0. The van der Waals surface area contributed by atoms with Crippen LogP contribution in [0.25, 0.3) is 0 Å². The second-order valence-electron chi connectivity index (χ2n) is 24.5. The van der Waals surface area contributed by atoms with Crippen LogP contribution in [-0.4, -0.2) is 156 Å². The van der Waals surface area contributed by atoms with Crippen molar-refractivity contribution in [2.45, 2.75) is 210 Å². The minimum Gasteiger partial charge on any atom is -0.0739 e. The Kier molecular flexibility index (Phi) is 27.7. The Morgan fingerprint density at radius 1 is 0.220 bits per heavy atom. The summed E-state index contributed by atoms with van der Waals surface area (Å²) >= 11 is 0. The van der Waals surface area contributed by atoms with Gasteiger partial charge in [0.25, 0.3) is 0 Å². The summed E-state index contributed by atoms with van der Waals surface area (Å²) in [5, 5.41) is 0. The molecule has 0 aliphatic heterocycles. The van der Waals surface area contributed by atoms with E-state index in [-0.39, 0.29) is 82.2 Å². The molecule has 0 rings (SSSR count). The average molecular weight is 1080 g/mol. The van der Waals surface area contributed by atoms with Crippen molar-refractivity contribution in [3.63, 3.8) is 0 Å². The van der Waals surface area contributed by atoms with E-state index in [9.17, 15) is 0 Å². The van der Waals surface area contributed by atoms with Crippen molar-refractivity contribution >= 4 is 156 Å². The second-order valence-corrected chi connectivity index (χ2v) is 172. The molecule has 296 valence electrons. The molecular weight excluding hydrogens is 979 g/mol. The molecule has 0 aromatic carbocycles. The molecule has 14 radical (unpaired) electrons. The predicted molar refractivity (Wildman–Crippen MR) is 291 cm³/mol. The summed E-state index contributed by atoms with van der Waals surface area (Å²) in [5.41, 5.74) is 0. The Morgan fingerprint density at radius 2 is 0.340 bits per heavy atom. The molecule has 50 heavy (non-hydrogen) atoms. The van der Waals surface area contributed by atoms with Gasteiger partial charge in [-0.1, -0.05) is 210 Å². The van der Waals surface area contributed by atoms with E-state index in [0.717, 1.165) is 0 Å². The fraction of sp³-hybridized carbons (Fsp3) is 1.00. The van der Waals surface area contributed by atoms with Crippen molar-refractivity contribution in [1.82, 2.24) is 0 Å². The van der Waals surface area contributed by atoms with Crippen LogP contribution in [0.1, 0.15) is 0 Å². The van der Waals surface area contributed by atoms with Crippen LogP contribution in [0.2, 0.25) is 210 Å². The summed E-state index contributed by atoms with van der Waals surface area (Å²) in [7, 11) is -13.4. The van der Waals surface area contributed by atoms with E-state index in [0.29, 0.717) is 0 Å². The molecule has 0 spiro atoms. The Labute approximate surface area is 361 Å². The largest absolute Gasteiger partial charge is 0.0739 e. The monoisotopic (exact) mass is 1080 g/mol. The third kappa shape index (κ3) is 18.6. The molecule has 0 aliphatic carbocycles. The van der Waals surface area contributed by atoms with E-state index in [1.165, 1.54) is 0 Å². The maximum absolute atomic E-state index is 3.11. The molecular formula is C32H96Ge2Si16. The fourth-order valence-electron chi connectivity index (χ4n) is 10.5. The van der Waals surface area contributed by atoms with Crippen molar-refractivity contribution in [2.75, 3.05) is 0 Å². The zero-order valence-corrected chi connectivity index (χ0v) is 61.2. The van der Waals surface area contributed by atoms with Gasteiger partial charge < -0.3 is 0 Å². The molecule has 0 heterocycles. The van der Waals surface area contributed by atoms with Crippen LogP contribution in [0.15, 0.2) is 0 Å². The summed E-state index contributed by atoms with van der Waals surface area (Å²) < 4.78 is 0. The van der Waals surface area contributed by atoms with Crippen molar-refractivity contribution in [1.29, 1.82) is 0 Å². The standard InChI is InChI=1S/C26H78Si14.2C3H9Si.2Ge/c1-31(2,3)27(37(19,20)39(23,24)29(33(7,8)9)34(10,11)12)28(32(4,5)6)38(21,22)40(25,26)30(35(13,14)15)36(16,17)18;2*1-4(2)3;;/h1-26H3;2*1-3H3;;. The van der Waals surface area contributed by atoms with Crippen LogP contribution in [0.4, 0.5) is 0 Å². The van der Waals surface area contributed by atoms with Crippen LogP contribution >= 0.6 is 0 Å². The number of hydrogen-bond acceptors (Lipinski definition) is 0. The van der Waals surface area contributed by atoms with Gasteiger partial charge in [0.15, 0.2) is 0 Å². The van der Waals surface area contributed by atoms with Crippen molar-refractivity contribution < 1.29 is 0 Å². The summed E-state index contributed by atoms with van der Waals surface area (Å²) in [6.07, 6.45) is 0. The first-order valence-electron chi connectivity index (χ1n) is 19.2. The van der Waals surface area contributed by atoms with Gasteiger partial charge in [0, 0.05) is 156 Å². The molecule has 0 aromatic heterocycles. The van der Waals surface area contributed by atoms with Gasteiger partial charge in [0.2, 0.25) is 0 Å². The molecule has 18 heteroatoms. The Hall–Kier alpha value is 4.56. The molecule has 0 aromatic rings. The molecule has 0 bridgehead atoms. The van der Waals surface area contributed by atoms with Gasteiger partial charge >= 0.3 is 0 Å². The fourth-order valence-corrected chi connectivity index (χ4v) is 547. The van der Waals surface area contributed by atoms with Crippen molar-refractivity contribution in [3.8, 4) is 0 Å². The average Bonchev–Trinajstić information content (AvgIpc) is 2.62. The van der Waals surface area contributed by atoms with E-state index >= 15 is 0 Å². The third-order valence-electron chi connectivity index (χ3n) is 10.4. The zero-order chi connectivity index (χ0) is 40.5. The van der Waals surface area contributed by atoms with Gasteiger partial charge in [-0.25, -0.2) is 0 Å². The summed E-state index contributed by atoms with van der Waals surface area (Å²) in [6.45, 7) is 89.9. The van der Waals surface area contributed by atoms with Crippen LogP contribution < -0.4 is 0 Å². The van der Waals surface area contributed by atoms with E-state index < -0.39 is 74.0 Å². The Morgan fingerprint density at radius 3 is 0.420 bits per heavy atom. The van der Waals surface area contributed by atoms with Gasteiger partial charge in [-0.05, 0) is 0 Å². The number of rotatable bonds is 13. The van der Waals surface area contributed by atoms with Gasteiger partial charge in [-0.3, -0.25) is 0 Å². The van der Waals surface area contributed by atoms with Crippen molar-refractivity contribution in [2.24, 2.45) is 0 Å². The topological polar surface area (TPSA) is 0 Å². The van der Waals surface area contributed by atoms with E-state index in [1.807, 2.05) is 0 Å². The minimum absolute atomic E-state index is 0. The van der Waals surface area contributed by atoms with Gasteiger partial charge in [0.1, 0.15) is 0 Å². The van der Waals surface area contributed by atoms with Crippen LogP contribution in [0.5, 0.6) is 0 Å². The van der Waals surface area contributed by atoms with Gasteiger partial charge in [-0.15, -0.1) is 0 Å². The summed E-state index contributed by atoms with van der Waals surface area (Å²) in [5.74, 6) is 0. The molecule has 0 fully saturated rings. The molecule has 0 amide bonds. The minimum atomic E-state index is -1.38. The normalized spacial score (nSPS) is 14.8. The quantitative estimate of drug-likeness (QED) is 0.161. The van der Waals surface area contributed by atoms with Crippen molar-refractivity contribution in [3.05, 3.63) is 0 Å². The smallest absolute Gasteiger partial charge is 0.0379 e. The molecule has 0 nitrogen and oxygen atoms in total. The summed E-state index contributed by atoms with van der Waals surface area (Å²) in [4.78, 5) is 0. The Balaban J connectivity index is -0.000000605. The SMILES string of the molecule is C[Si](C)(C)[Si]([Si]([Si](C)(C)C)[Si](C)(C)[Si](C)(C)[Si]([Si](C)(C)C)[Si](C)(C)C)[Si](C)(C)[Si](C)(C)[Si]([Si](C)(C)C)[Si](C)(C)C.C[Si](C)C.C[Si](C)C.[Ge].[Ge]. The Bertz CT molecular complexity index is 848. The second kappa shape index (κ2) is 21.7. The first-order chi connectivity index (χ1) is 20.2. The first-order valence-corrected chi connectivity index (χ1v) is 77.2.